The lowest BCUT2D eigenvalue weighted by Crippen LogP contribution is -2.20. The lowest BCUT2D eigenvalue weighted by Gasteiger charge is -2.13. The Morgan fingerprint density at radius 3 is 2.73 bits per heavy atom. The molecule has 0 fully saturated rings. The fourth-order valence-corrected chi connectivity index (χ4v) is 2.51. The van der Waals surface area contributed by atoms with Gasteiger partial charge in [-0.1, -0.05) is 26.7 Å². The molecular weight excluding hydrogens is 280 g/mol. The van der Waals surface area contributed by atoms with Gasteiger partial charge < -0.3 is 9.15 Å². The normalized spacial score (nSPS) is 12.3. The third kappa shape index (κ3) is 3.75. The molecule has 0 bridgehead atoms. The van der Waals surface area contributed by atoms with Crippen LogP contribution in [0.5, 0.6) is 5.75 Å². The van der Waals surface area contributed by atoms with Crippen molar-refractivity contribution in [2.45, 2.75) is 46.5 Å². The molecule has 1 aromatic carbocycles. The van der Waals surface area contributed by atoms with E-state index in [1.807, 2.05) is 19.9 Å². The van der Waals surface area contributed by atoms with Gasteiger partial charge in [-0.05, 0) is 37.5 Å². The fourth-order valence-electron chi connectivity index (χ4n) is 2.51. The predicted octanol–water partition coefficient (Wildman–Crippen LogP) is 4.22. The Morgan fingerprint density at radius 2 is 2.05 bits per heavy atom. The molecule has 1 atom stereocenters. The van der Waals surface area contributed by atoms with Crippen LogP contribution in [-0.4, -0.2) is 5.97 Å². The van der Waals surface area contributed by atoms with Gasteiger partial charge in [-0.3, -0.25) is 4.79 Å². The third-order valence-corrected chi connectivity index (χ3v) is 3.87. The molecule has 4 heteroatoms. The number of ether oxygens (including phenoxy) is 1. The van der Waals surface area contributed by atoms with Gasteiger partial charge in [-0.2, -0.15) is 0 Å². The van der Waals surface area contributed by atoms with Crippen molar-refractivity contribution in [2.24, 2.45) is 5.92 Å². The largest absolute Gasteiger partial charge is 0.426 e. The molecule has 0 saturated carbocycles. The zero-order valence-corrected chi connectivity index (χ0v) is 13.3. The second-order valence-electron chi connectivity index (χ2n) is 5.57. The van der Waals surface area contributed by atoms with Crippen molar-refractivity contribution in [1.29, 1.82) is 0 Å². The average molecular weight is 302 g/mol. The molecule has 0 radical (unpaired) electrons. The van der Waals surface area contributed by atoms with E-state index in [2.05, 4.69) is 6.92 Å². The second-order valence-corrected chi connectivity index (χ2v) is 5.57. The van der Waals surface area contributed by atoms with Crippen LogP contribution in [0.25, 0.3) is 11.0 Å². The summed E-state index contributed by atoms with van der Waals surface area (Å²) < 4.78 is 10.6. The summed E-state index contributed by atoms with van der Waals surface area (Å²) in [5.74, 6) is 0.117. The molecule has 2 rings (SSSR count). The van der Waals surface area contributed by atoms with Crippen LogP contribution in [-0.2, 0) is 4.79 Å². The van der Waals surface area contributed by atoms with Crippen molar-refractivity contribution in [3.63, 3.8) is 0 Å². The van der Waals surface area contributed by atoms with Crippen molar-refractivity contribution in [3.05, 3.63) is 40.2 Å². The van der Waals surface area contributed by atoms with Crippen LogP contribution in [0.2, 0.25) is 0 Å². The van der Waals surface area contributed by atoms with Gasteiger partial charge in [0.25, 0.3) is 0 Å². The number of unbranched alkanes of at least 4 members (excludes halogenated alkanes) is 1. The van der Waals surface area contributed by atoms with Gasteiger partial charge in [0.15, 0.2) is 0 Å². The number of aryl methyl sites for hydroxylation is 1. The molecule has 0 aliphatic heterocycles. The first-order chi connectivity index (χ1) is 10.5. The SMILES string of the molecule is CCCC[C@@H](CC)C(=O)Oc1ccc2c(C)cc(=O)oc2c1. The van der Waals surface area contributed by atoms with Gasteiger partial charge in [-0.25, -0.2) is 4.79 Å². The van der Waals surface area contributed by atoms with Crippen LogP contribution in [0.1, 0.15) is 45.1 Å². The number of rotatable bonds is 6. The highest BCUT2D eigenvalue weighted by atomic mass is 16.5. The van der Waals surface area contributed by atoms with Crippen molar-refractivity contribution in [3.8, 4) is 5.75 Å². The van der Waals surface area contributed by atoms with Gasteiger partial charge in [0.1, 0.15) is 11.3 Å². The Bertz CT molecular complexity index is 715. The molecule has 1 heterocycles. The third-order valence-electron chi connectivity index (χ3n) is 3.87. The van der Waals surface area contributed by atoms with E-state index in [1.165, 1.54) is 6.07 Å². The molecule has 1 aromatic heterocycles. The van der Waals surface area contributed by atoms with Gasteiger partial charge >= 0.3 is 11.6 Å². The summed E-state index contributed by atoms with van der Waals surface area (Å²) in [5, 5.41) is 0.845. The quantitative estimate of drug-likeness (QED) is 0.455. The number of fused-ring (bicyclic) bond motifs is 1. The van der Waals surface area contributed by atoms with Crippen molar-refractivity contribution in [2.75, 3.05) is 0 Å². The predicted molar refractivity (Wildman–Crippen MR) is 86.2 cm³/mol. The summed E-state index contributed by atoms with van der Waals surface area (Å²) in [4.78, 5) is 23.6. The lowest BCUT2D eigenvalue weighted by atomic mass is 10.00. The standard InChI is InChI=1S/C18H22O4/c1-4-6-7-13(5-2)18(20)21-14-8-9-15-12(3)10-17(19)22-16(15)11-14/h8-11,13H,4-7H2,1-3H3/t13-/m1/s1. The molecule has 0 aliphatic carbocycles. The van der Waals surface area contributed by atoms with Gasteiger partial charge in [-0.15, -0.1) is 0 Å². The Labute approximate surface area is 130 Å². The van der Waals surface area contributed by atoms with Gasteiger partial charge in [0.05, 0.1) is 5.92 Å². The number of benzene rings is 1. The van der Waals surface area contributed by atoms with E-state index in [9.17, 15) is 9.59 Å². The number of carbonyl (C=O) groups excluding carboxylic acids is 1. The average Bonchev–Trinajstić information content (AvgIpc) is 2.47. The molecule has 0 spiro atoms. The molecular formula is C18H22O4. The Kier molecular flexibility index (Phi) is 5.36. The highest BCUT2D eigenvalue weighted by molar-refractivity contribution is 5.82. The van der Waals surface area contributed by atoms with E-state index in [4.69, 9.17) is 9.15 Å². The first-order valence-corrected chi connectivity index (χ1v) is 7.81. The molecule has 22 heavy (non-hydrogen) atoms. The van der Waals surface area contributed by atoms with E-state index < -0.39 is 5.63 Å². The minimum absolute atomic E-state index is 0.0832. The molecule has 4 nitrogen and oxygen atoms in total. The number of hydrogen-bond acceptors (Lipinski definition) is 4. The van der Waals surface area contributed by atoms with Crippen LogP contribution >= 0.6 is 0 Å². The first-order valence-electron chi connectivity index (χ1n) is 7.81. The fraction of sp³-hybridized carbons (Fsp3) is 0.444. The lowest BCUT2D eigenvalue weighted by molar-refractivity contribution is -0.139. The van der Waals surface area contributed by atoms with E-state index in [0.29, 0.717) is 11.3 Å². The molecule has 2 aromatic rings. The van der Waals surface area contributed by atoms with E-state index in [0.717, 1.165) is 36.6 Å². The highest BCUT2D eigenvalue weighted by Crippen LogP contribution is 2.24. The zero-order chi connectivity index (χ0) is 16.1. The molecule has 0 aliphatic rings. The van der Waals surface area contributed by atoms with Crippen LogP contribution in [0, 0.1) is 12.8 Å². The molecule has 0 saturated heterocycles. The second kappa shape index (κ2) is 7.25. The van der Waals surface area contributed by atoms with Crippen LogP contribution in [0.3, 0.4) is 0 Å². The maximum Gasteiger partial charge on any atom is 0.336 e. The first kappa shape index (κ1) is 16.3. The molecule has 0 N–H and O–H groups in total. The summed E-state index contributed by atoms with van der Waals surface area (Å²) in [7, 11) is 0. The monoisotopic (exact) mass is 302 g/mol. The summed E-state index contributed by atoms with van der Waals surface area (Å²) in [6.07, 6.45) is 3.68. The summed E-state index contributed by atoms with van der Waals surface area (Å²) in [6, 6.07) is 6.60. The Morgan fingerprint density at radius 1 is 1.27 bits per heavy atom. The maximum atomic E-state index is 12.2. The van der Waals surface area contributed by atoms with Crippen molar-refractivity contribution >= 4 is 16.9 Å². The van der Waals surface area contributed by atoms with Crippen molar-refractivity contribution < 1.29 is 13.9 Å². The highest BCUT2D eigenvalue weighted by Gasteiger charge is 2.18. The van der Waals surface area contributed by atoms with Crippen LogP contribution in [0.15, 0.2) is 33.5 Å². The maximum absolute atomic E-state index is 12.2. The van der Waals surface area contributed by atoms with Gasteiger partial charge in [0.2, 0.25) is 0 Å². The van der Waals surface area contributed by atoms with E-state index in [-0.39, 0.29) is 11.9 Å². The number of esters is 1. The van der Waals surface area contributed by atoms with E-state index >= 15 is 0 Å². The van der Waals surface area contributed by atoms with Gasteiger partial charge in [0, 0.05) is 17.5 Å². The minimum atomic E-state index is -0.400. The summed E-state index contributed by atoms with van der Waals surface area (Å²) >= 11 is 0. The smallest absolute Gasteiger partial charge is 0.336 e. The van der Waals surface area contributed by atoms with E-state index in [1.54, 1.807) is 12.1 Å². The minimum Gasteiger partial charge on any atom is -0.426 e. The molecule has 118 valence electrons. The number of hydrogen-bond donors (Lipinski definition) is 0. The number of carbonyl (C=O) groups is 1. The Balaban J connectivity index is 2.21. The Hall–Kier alpha value is -2.10. The summed E-state index contributed by atoms with van der Waals surface area (Å²) in [6.45, 7) is 5.94. The summed E-state index contributed by atoms with van der Waals surface area (Å²) in [5.41, 5.74) is 0.887. The molecule has 0 amide bonds. The topological polar surface area (TPSA) is 56.5 Å². The zero-order valence-electron chi connectivity index (χ0n) is 13.3. The molecule has 0 unspecified atom stereocenters. The van der Waals surface area contributed by atoms with Crippen LogP contribution in [0.4, 0.5) is 0 Å². The van der Waals surface area contributed by atoms with Crippen molar-refractivity contribution in [1.82, 2.24) is 0 Å². The van der Waals surface area contributed by atoms with Crippen LogP contribution < -0.4 is 10.4 Å².